The summed E-state index contributed by atoms with van der Waals surface area (Å²) in [6.45, 7) is -0.574. The Balaban J connectivity index is 1.29. The molecule has 2 aliphatic rings. The number of hydrogen-bond acceptors (Lipinski definition) is 15. The molecule has 1 aromatic heterocycles. The minimum atomic E-state index is -1.84. The molecule has 4 rings (SSSR count). The second kappa shape index (κ2) is 14.2. The van der Waals surface area contributed by atoms with Crippen molar-refractivity contribution in [1.82, 2.24) is 35.3 Å². The normalized spacial score (nSPS) is 20.0. The summed E-state index contributed by atoms with van der Waals surface area (Å²) in [5, 5.41) is 20.9. The maximum Gasteiger partial charge on any atom is 0.352 e. The van der Waals surface area contributed by atoms with Gasteiger partial charge in [0.1, 0.15) is 23.5 Å². The number of rotatable bonds is 14. The Morgan fingerprint density at radius 3 is 2.63 bits per heavy atom. The predicted molar refractivity (Wildman–Crippen MR) is 151 cm³/mol. The van der Waals surface area contributed by atoms with Crippen LogP contribution in [0, 0.1) is 0 Å². The van der Waals surface area contributed by atoms with Crippen LogP contribution < -0.4 is 16.3 Å². The number of nitrogens with one attached hydrogen (secondary N) is 3. The van der Waals surface area contributed by atoms with Crippen LogP contribution in [0.4, 0.5) is 5.69 Å². The number of carboxylic acids is 1. The number of halogens is 2. The molecule has 3 heterocycles. The second-order valence-electron chi connectivity index (χ2n) is 8.51. The first-order valence-corrected chi connectivity index (χ1v) is 14.9. The first-order chi connectivity index (χ1) is 20.6. The van der Waals surface area contributed by atoms with Crippen molar-refractivity contribution >= 4 is 82.3 Å². The molecule has 0 saturated carbocycles. The van der Waals surface area contributed by atoms with Gasteiger partial charge in [0.2, 0.25) is 5.91 Å². The Morgan fingerprint density at radius 2 is 2.00 bits per heavy atom. The molecule has 1 saturated heterocycles. The average Bonchev–Trinajstić information content (AvgIpc) is 3.54. The van der Waals surface area contributed by atoms with Gasteiger partial charge in [0, 0.05) is 18.6 Å². The van der Waals surface area contributed by atoms with Crippen LogP contribution >= 0.6 is 46.9 Å². The van der Waals surface area contributed by atoms with Crippen molar-refractivity contribution in [2.45, 2.75) is 16.5 Å². The Bertz CT molecular complexity index is 1420. The third-order valence-electron chi connectivity index (χ3n) is 5.87. The van der Waals surface area contributed by atoms with Crippen LogP contribution in [0.3, 0.4) is 0 Å². The third kappa shape index (κ3) is 7.13. The van der Waals surface area contributed by atoms with Crippen LogP contribution in [0.2, 0.25) is 0 Å². The number of amides is 2. The van der Waals surface area contributed by atoms with Crippen LogP contribution in [0.25, 0.3) is 0 Å². The first-order valence-electron chi connectivity index (χ1n) is 11.9. The van der Waals surface area contributed by atoms with E-state index in [1.54, 1.807) is 0 Å². The highest BCUT2D eigenvalue weighted by atomic mass is 35.5. The van der Waals surface area contributed by atoms with E-state index < -0.39 is 52.7 Å². The molecule has 1 aromatic carbocycles. The van der Waals surface area contributed by atoms with Crippen LogP contribution in [0.5, 0.6) is 0 Å². The monoisotopic (exact) mass is 676 g/mol. The molecule has 0 bridgehead atoms. The number of carbonyl (C=O) groups is 5. The molecule has 17 nitrogen and oxygen atoms in total. The van der Waals surface area contributed by atoms with E-state index >= 15 is 0 Å². The van der Waals surface area contributed by atoms with E-state index in [1.165, 1.54) is 53.6 Å². The van der Waals surface area contributed by atoms with E-state index in [2.05, 4.69) is 36.6 Å². The maximum absolute atomic E-state index is 13.2. The van der Waals surface area contributed by atoms with Crippen molar-refractivity contribution in [2.75, 3.05) is 36.5 Å². The van der Waals surface area contributed by atoms with Crippen molar-refractivity contribution in [3.63, 3.8) is 0 Å². The Hall–Kier alpha value is -3.62. The van der Waals surface area contributed by atoms with E-state index in [9.17, 15) is 29.1 Å². The molecule has 2 amide bonds. The maximum atomic E-state index is 13.2. The van der Waals surface area contributed by atoms with Crippen molar-refractivity contribution in [2.24, 2.45) is 0 Å². The number of hydroxylamine groups is 1. The molecule has 3 atom stereocenters. The topological polar surface area (TPSA) is 216 Å². The van der Waals surface area contributed by atoms with E-state index in [1.807, 2.05) is 0 Å². The van der Waals surface area contributed by atoms with Gasteiger partial charge in [0.05, 0.1) is 5.69 Å². The minimum Gasteiger partial charge on any atom is -0.477 e. The number of aliphatic carboxylic acids is 1. The SMILES string of the molecule is COC1(NC(=O)CNOC(=O)C(Cl)c2ccc(NOC(=O)CCl)cc2)C(=O)N2C(C(=O)O)=C(CSn3cnnn3)CSC21. The number of tetrazole rings is 1. The van der Waals surface area contributed by atoms with Gasteiger partial charge in [0.25, 0.3) is 11.6 Å². The number of β-lactam (4-membered cyclic amide) rings is 1. The largest absolute Gasteiger partial charge is 0.477 e. The van der Waals surface area contributed by atoms with E-state index in [4.69, 9.17) is 32.8 Å². The van der Waals surface area contributed by atoms with Gasteiger partial charge in [-0.05, 0) is 45.6 Å². The summed E-state index contributed by atoms with van der Waals surface area (Å²) < 4.78 is 6.74. The Kier molecular flexibility index (Phi) is 10.7. The fourth-order valence-electron chi connectivity index (χ4n) is 3.89. The second-order valence-corrected chi connectivity index (χ2v) is 11.2. The number of carboxylic acid groups (broad SMARTS) is 1. The lowest BCUT2D eigenvalue weighted by molar-refractivity contribution is -0.192. The minimum absolute atomic E-state index is 0.199. The van der Waals surface area contributed by atoms with Gasteiger partial charge in [-0.25, -0.2) is 19.9 Å². The molecule has 0 radical (unpaired) electrons. The van der Waals surface area contributed by atoms with Gasteiger partial charge in [-0.15, -0.1) is 45.5 Å². The van der Waals surface area contributed by atoms with Crippen LogP contribution in [0.1, 0.15) is 10.9 Å². The molecule has 43 heavy (non-hydrogen) atoms. The highest BCUT2D eigenvalue weighted by molar-refractivity contribution is 8.00. The van der Waals surface area contributed by atoms with Crippen LogP contribution in [0.15, 0.2) is 41.9 Å². The number of nitrogens with zero attached hydrogens (tertiary/aromatic N) is 5. The molecule has 21 heteroatoms. The Morgan fingerprint density at radius 1 is 1.26 bits per heavy atom. The molecule has 1 fully saturated rings. The van der Waals surface area contributed by atoms with Gasteiger partial charge >= 0.3 is 17.9 Å². The van der Waals surface area contributed by atoms with Gasteiger partial charge in [0.15, 0.2) is 11.7 Å². The van der Waals surface area contributed by atoms with Crippen LogP contribution in [-0.2, 0) is 38.4 Å². The summed E-state index contributed by atoms with van der Waals surface area (Å²) in [5.41, 5.74) is 3.72. The van der Waals surface area contributed by atoms with Crippen molar-refractivity contribution in [1.29, 1.82) is 0 Å². The highest BCUT2D eigenvalue weighted by Gasteiger charge is 2.66. The summed E-state index contributed by atoms with van der Waals surface area (Å²) in [6, 6.07) is 5.95. The quantitative estimate of drug-likeness (QED) is 0.0897. The lowest BCUT2D eigenvalue weighted by atomic mass is 9.98. The van der Waals surface area contributed by atoms with Gasteiger partial charge in [-0.2, -0.15) is 4.09 Å². The zero-order chi connectivity index (χ0) is 31.1. The highest BCUT2D eigenvalue weighted by Crippen LogP contribution is 2.47. The number of aromatic nitrogens is 4. The van der Waals surface area contributed by atoms with Gasteiger partial charge < -0.3 is 24.8 Å². The summed E-state index contributed by atoms with van der Waals surface area (Å²) in [6.07, 6.45) is 1.35. The standard InChI is InChI=1S/C22H22Cl2N8O9S2/c1-39-22(20(38)32-17(18(35)36)12(8-42-21(22)32)9-43-31-10-25-29-30-31)27-14(33)7-26-41-19(37)16(24)11-2-4-13(5-3-11)28-40-15(34)6-23/h2-5,10,16,21,26,28H,6-9H2,1H3,(H,27,33)(H,35,36). The third-order valence-corrected chi connectivity index (χ3v) is 8.80. The molecule has 3 unspecified atom stereocenters. The number of hydrogen-bond donors (Lipinski definition) is 4. The summed E-state index contributed by atoms with van der Waals surface area (Å²) >= 11 is 13.8. The molecular formula is C22H22Cl2N8O9S2. The molecule has 4 N–H and O–H groups in total. The van der Waals surface area contributed by atoms with E-state index in [0.29, 0.717) is 16.8 Å². The van der Waals surface area contributed by atoms with Crippen molar-refractivity contribution < 1.29 is 43.5 Å². The molecular weight excluding hydrogens is 655 g/mol. The number of benzene rings is 1. The zero-order valence-corrected chi connectivity index (χ0v) is 25.0. The smallest absolute Gasteiger partial charge is 0.352 e. The number of thioether (sulfide) groups is 1. The lowest BCUT2D eigenvalue weighted by Crippen LogP contribution is -2.81. The lowest BCUT2D eigenvalue weighted by Gasteiger charge is -2.55. The average molecular weight is 678 g/mol. The number of anilines is 1. The first kappa shape index (κ1) is 32.3. The summed E-state index contributed by atoms with van der Waals surface area (Å²) in [7, 11) is 1.21. The Labute approximate surface area is 260 Å². The van der Waals surface area contributed by atoms with E-state index in [0.717, 1.165) is 16.8 Å². The number of ether oxygens (including phenoxy) is 1. The molecule has 2 aliphatic heterocycles. The van der Waals surface area contributed by atoms with Crippen LogP contribution in [-0.4, -0.2) is 101 Å². The fraction of sp³-hybridized carbons (Fsp3) is 0.364. The number of fused-ring (bicyclic) bond motifs is 1. The summed E-state index contributed by atoms with van der Waals surface area (Å²) in [5.74, 6) is -4.39. The molecule has 0 aliphatic carbocycles. The van der Waals surface area contributed by atoms with Gasteiger partial charge in [-0.3, -0.25) is 14.5 Å². The molecule has 2 aromatic rings. The summed E-state index contributed by atoms with van der Waals surface area (Å²) in [4.78, 5) is 72.0. The van der Waals surface area contributed by atoms with E-state index in [-0.39, 0.29) is 23.1 Å². The van der Waals surface area contributed by atoms with Gasteiger partial charge in [-0.1, -0.05) is 12.1 Å². The zero-order valence-electron chi connectivity index (χ0n) is 21.9. The fourth-order valence-corrected chi connectivity index (χ4v) is 6.42. The molecule has 0 spiro atoms. The molecule has 230 valence electrons. The van der Waals surface area contributed by atoms with Crippen molar-refractivity contribution in [3.05, 3.63) is 47.4 Å². The van der Waals surface area contributed by atoms with Crippen molar-refractivity contribution in [3.8, 4) is 0 Å². The number of methoxy groups -OCH3 is 1. The number of alkyl halides is 2. The number of carbonyl (C=O) groups excluding carboxylic acids is 4. The predicted octanol–water partition coefficient (Wildman–Crippen LogP) is 0.0189.